The monoisotopic (exact) mass is 392 g/mol. The fourth-order valence-electron chi connectivity index (χ4n) is 2.76. The first kappa shape index (κ1) is 20.3. The van der Waals surface area contributed by atoms with E-state index in [4.69, 9.17) is 9.15 Å². The number of ether oxygens (including phenoxy) is 1. The third-order valence-corrected chi connectivity index (χ3v) is 4.51. The van der Waals surface area contributed by atoms with Crippen molar-refractivity contribution in [2.45, 2.75) is 39.7 Å². The molecule has 0 saturated carbocycles. The van der Waals surface area contributed by atoms with E-state index in [0.29, 0.717) is 23.3 Å². The van der Waals surface area contributed by atoms with Gasteiger partial charge in [-0.05, 0) is 49.6 Å². The minimum Gasteiger partial charge on any atom is -0.448 e. The average Bonchev–Trinajstić information content (AvgIpc) is 3.11. The van der Waals surface area contributed by atoms with Crippen LogP contribution >= 0.6 is 0 Å². The lowest BCUT2D eigenvalue weighted by molar-refractivity contribution is -0.123. The molecule has 2 aromatic carbocycles. The second-order valence-electron chi connectivity index (χ2n) is 7.10. The lowest BCUT2D eigenvalue weighted by Gasteiger charge is -2.13. The van der Waals surface area contributed by atoms with Gasteiger partial charge in [-0.2, -0.15) is 0 Å². The standard InChI is InChI=1S/C23H24N2O4/c1-14(2)17-10-12-19(13-11-17)24-21(26)16(4)29-23(27)20-15(3)28-22(25-20)18-8-6-5-7-9-18/h5-14,16H,1-4H3,(H,24,26)/t16-/m0/s1. The predicted octanol–water partition coefficient (Wildman–Crippen LogP) is 4.96. The number of amides is 1. The molecule has 0 fully saturated rings. The van der Waals surface area contributed by atoms with Crippen LogP contribution in [-0.2, 0) is 9.53 Å². The summed E-state index contributed by atoms with van der Waals surface area (Å²) >= 11 is 0. The van der Waals surface area contributed by atoms with Gasteiger partial charge < -0.3 is 14.5 Å². The van der Waals surface area contributed by atoms with Gasteiger partial charge in [-0.15, -0.1) is 0 Å². The number of nitrogens with zero attached hydrogens (tertiary/aromatic N) is 1. The van der Waals surface area contributed by atoms with Crippen molar-refractivity contribution < 1.29 is 18.7 Å². The fourth-order valence-corrected chi connectivity index (χ4v) is 2.76. The molecule has 1 N–H and O–H groups in total. The molecule has 0 spiro atoms. The molecule has 3 aromatic rings. The molecule has 29 heavy (non-hydrogen) atoms. The van der Waals surface area contributed by atoms with E-state index in [1.54, 1.807) is 6.92 Å². The second kappa shape index (κ2) is 8.73. The Bertz CT molecular complexity index is 991. The maximum atomic E-state index is 12.5. The maximum absolute atomic E-state index is 12.5. The molecule has 0 aliphatic heterocycles. The highest BCUT2D eigenvalue weighted by molar-refractivity contribution is 5.97. The molecule has 0 aliphatic carbocycles. The normalized spacial score (nSPS) is 11.9. The Morgan fingerprint density at radius 1 is 1.00 bits per heavy atom. The van der Waals surface area contributed by atoms with Gasteiger partial charge in [-0.1, -0.05) is 44.2 Å². The van der Waals surface area contributed by atoms with Gasteiger partial charge in [0.25, 0.3) is 5.91 Å². The van der Waals surface area contributed by atoms with Gasteiger partial charge in [0.2, 0.25) is 5.89 Å². The van der Waals surface area contributed by atoms with Crippen LogP contribution in [0.5, 0.6) is 0 Å². The van der Waals surface area contributed by atoms with Crippen LogP contribution in [0.2, 0.25) is 0 Å². The van der Waals surface area contributed by atoms with Gasteiger partial charge in [0.15, 0.2) is 11.8 Å². The van der Waals surface area contributed by atoms with E-state index in [9.17, 15) is 9.59 Å². The number of benzene rings is 2. The molecule has 1 atom stereocenters. The number of hydrogen-bond donors (Lipinski definition) is 1. The van der Waals surface area contributed by atoms with Crippen LogP contribution < -0.4 is 5.32 Å². The predicted molar refractivity (Wildman–Crippen MR) is 111 cm³/mol. The van der Waals surface area contributed by atoms with Crippen LogP contribution in [0.4, 0.5) is 5.69 Å². The number of nitrogens with one attached hydrogen (secondary N) is 1. The number of aryl methyl sites for hydroxylation is 1. The highest BCUT2D eigenvalue weighted by Crippen LogP contribution is 2.22. The third-order valence-electron chi connectivity index (χ3n) is 4.51. The summed E-state index contributed by atoms with van der Waals surface area (Å²) in [5.74, 6) is -0.0412. The summed E-state index contributed by atoms with van der Waals surface area (Å²) in [6, 6.07) is 16.8. The molecule has 150 valence electrons. The highest BCUT2D eigenvalue weighted by atomic mass is 16.5. The van der Waals surface area contributed by atoms with Gasteiger partial charge in [0, 0.05) is 11.3 Å². The number of oxazole rings is 1. The van der Waals surface area contributed by atoms with Crippen LogP contribution in [0.15, 0.2) is 59.0 Å². The van der Waals surface area contributed by atoms with Crippen LogP contribution in [0.25, 0.3) is 11.5 Å². The fraction of sp³-hybridized carbons (Fsp3) is 0.261. The highest BCUT2D eigenvalue weighted by Gasteiger charge is 2.24. The SMILES string of the molecule is Cc1oc(-c2ccccc2)nc1C(=O)O[C@@H](C)C(=O)Nc1ccc(C(C)C)cc1. The zero-order chi connectivity index (χ0) is 21.0. The van der Waals surface area contributed by atoms with Crippen molar-refractivity contribution >= 4 is 17.6 Å². The molecule has 0 radical (unpaired) electrons. The van der Waals surface area contributed by atoms with Crippen LogP contribution in [0, 0.1) is 6.92 Å². The van der Waals surface area contributed by atoms with E-state index in [0.717, 1.165) is 5.56 Å². The lowest BCUT2D eigenvalue weighted by atomic mass is 10.0. The average molecular weight is 392 g/mol. The Morgan fingerprint density at radius 2 is 1.66 bits per heavy atom. The molecular formula is C23H24N2O4. The van der Waals surface area contributed by atoms with Gasteiger partial charge >= 0.3 is 5.97 Å². The van der Waals surface area contributed by atoms with E-state index in [1.165, 1.54) is 12.5 Å². The summed E-state index contributed by atoms with van der Waals surface area (Å²) in [7, 11) is 0. The minimum absolute atomic E-state index is 0.0600. The zero-order valence-electron chi connectivity index (χ0n) is 16.9. The smallest absolute Gasteiger partial charge is 0.361 e. The quantitative estimate of drug-likeness (QED) is 0.600. The second-order valence-corrected chi connectivity index (χ2v) is 7.10. The number of hydrogen-bond acceptors (Lipinski definition) is 5. The van der Waals surface area contributed by atoms with Gasteiger partial charge in [-0.25, -0.2) is 9.78 Å². The maximum Gasteiger partial charge on any atom is 0.361 e. The number of aromatic nitrogens is 1. The van der Waals surface area contributed by atoms with Gasteiger partial charge in [0.1, 0.15) is 5.76 Å². The lowest BCUT2D eigenvalue weighted by Crippen LogP contribution is -2.30. The molecule has 1 aromatic heterocycles. The van der Waals surface area contributed by atoms with Crippen LogP contribution in [-0.4, -0.2) is 23.0 Å². The van der Waals surface area contributed by atoms with Gasteiger partial charge in [0.05, 0.1) is 0 Å². The summed E-state index contributed by atoms with van der Waals surface area (Å²) in [6.07, 6.45) is -0.983. The Labute approximate surface area is 169 Å². The topological polar surface area (TPSA) is 81.4 Å². The summed E-state index contributed by atoms with van der Waals surface area (Å²) in [4.78, 5) is 29.1. The van der Waals surface area contributed by atoms with Crippen molar-refractivity contribution in [3.63, 3.8) is 0 Å². The summed E-state index contributed by atoms with van der Waals surface area (Å²) in [6.45, 7) is 7.36. The zero-order valence-corrected chi connectivity index (χ0v) is 16.9. The molecular weight excluding hydrogens is 368 g/mol. The first-order chi connectivity index (χ1) is 13.8. The van der Waals surface area contributed by atoms with Crippen molar-refractivity contribution in [2.75, 3.05) is 5.32 Å². The van der Waals surface area contributed by atoms with E-state index < -0.39 is 18.0 Å². The Hall–Kier alpha value is -3.41. The number of rotatable bonds is 6. The first-order valence-corrected chi connectivity index (χ1v) is 9.49. The summed E-state index contributed by atoms with van der Waals surface area (Å²) in [5, 5.41) is 2.75. The van der Waals surface area contributed by atoms with E-state index in [1.807, 2.05) is 54.6 Å². The summed E-state index contributed by atoms with van der Waals surface area (Å²) < 4.78 is 10.9. The number of carbonyl (C=O) groups excluding carboxylic acids is 2. The van der Waals surface area contributed by atoms with Crippen molar-refractivity contribution in [3.8, 4) is 11.5 Å². The molecule has 6 nitrogen and oxygen atoms in total. The molecule has 6 heteroatoms. The largest absolute Gasteiger partial charge is 0.448 e. The molecule has 0 saturated heterocycles. The molecule has 1 amide bonds. The number of esters is 1. The molecule has 0 aliphatic rings. The Balaban J connectivity index is 1.64. The van der Waals surface area contributed by atoms with Gasteiger partial charge in [-0.3, -0.25) is 4.79 Å². The van der Waals surface area contributed by atoms with Crippen molar-refractivity contribution in [3.05, 3.63) is 71.6 Å². The van der Waals surface area contributed by atoms with Crippen molar-refractivity contribution in [1.29, 1.82) is 0 Å². The third kappa shape index (κ3) is 4.90. The van der Waals surface area contributed by atoms with E-state index in [2.05, 4.69) is 24.1 Å². The van der Waals surface area contributed by atoms with Crippen molar-refractivity contribution in [1.82, 2.24) is 4.98 Å². The van der Waals surface area contributed by atoms with E-state index in [-0.39, 0.29) is 5.69 Å². The Morgan fingerprint density at radius 3 is 2.28 bits per heavy atom. The van der Waals surface area contributed by atoms with Crippen LogP contribution in [0.3, 0.4) is 0 Å². The molecule has 0 bridgehead atoms. The van der Waals surface area contributed by atoms with Crippen LogP contribution in [0.1, 0.15) is 48.5 Å². The summed E-state index contributed by atoms with van der Waals surface area (Å²) in [5.41, 5.74) is 2.64. The molecule has 0 unspecified atom stereocenters. The first-order valence-electron chi connectivity index (χ1n) is 9.49. The number of anilines is 1. The molecule has 3 rings (SSSR count). The number of carbonyl (C=O) groups is 2. The Kier molecular flexibility index (Phi) is 6.12. The van der Waals surface area contributed by atoms with Crippen molar-refractivity contribution in [2.24, 2.45) is 0 Å². The van der Waals surface area contributed by atoms with E-state index >= 15 is 0 Å². The molecule has 1 heterocycles. The minimum atomic E-state index is -0.983.